The number of ether oxygens (including phenoxy) is 1. The Bertz CT molecular complexity index is 1130. The molecule has 0 aliphatic rings. The van der Waals surface area contributed by atoms with Crippen LogP contribution >= 0.6 is 27.5 Å². The quantitative estimate of drug-likeness (QED) is 0.214. The van der Waals surface area contributed by atoms with E-state index in [2.05, 4.69) is 31.8 Å². The van der Waals surface area contributed by atoms with Gasteiger partial charge in [-0.3, -0.25) is 9.59 Å². The largest absolute Gasteiger partial charge is 0.423 e. The van der Waals surface area contributed by atoms with Gasteiger partial charge in [-0.15, -0.1) is 0 Å². The van der Waals surface area contributed by atoms with Crippen molar-refractivity contribution in [2.75, 3.05) is 6.54 Å². The molecule has 9 heteroatoms. The fraction of sp³-hybridized carbons (Fsp3) is 0.0435. The van der Waals surface area contributed by atoms with Crippen LogP contribution in [-0.4, -0.2) is 30.5 Å². The molecule has 3 aromatic rings. The second-order valence-corrected chi connectivity index (χ2v) is 7.80. The first kappa shape index (κ1) is 23.2. The van der Waals surface area contributed by atoms with Gasteiger partial charge in [-0.2, -0.15) is 5.10 Å². The second-order valence-electron chi connectivity index (χ2n) is 6.45. The van der Waals surface area contributed by atoms with Crippen molar-refractivity contribution in [3.05, 3.63) is 99.0 Å². The lowest BCUT2D eigenvalue weighted by atomic mass is 10.2. The van der Waals surface area contributed by atoms with Crippen LogP contribution in [0.15, 0.2) is 82.4 Å². The van der Waals surface area contributed by atoms with Gasteiger partial charge in [0.05, 0.1) is 18.3 Å². The predicted molar refractivity (Wildman–Crippen MR) is 125 cm³/mol. The highest BCUT2D eigenvalue weighted by Crippen LogP contribution is 2.15. The summed E-state index contributed by atoms with van der Waals surface area (Å²) in [5.41, 5.74) is 3.83. The number of carbonyl (C=O) groups is 3. The van der Waals surface area contributed by atoms with E-state index >= 15 is 0 Å². The maximum Gasteiger partial charge on any atom is 0.343 e. The summed E-state index contributed by atoms with van der Waals surface area (Å²) in [5.74, 6) is -0.964. The van der Waals surface area contributed by atoms with E-state index in [9.17, 15) is 14.4 Å². The van der Waals surface area contributed by atoms with Gasteiger partial charge in [0.25, 0.3) is 11.8 Å². The molecule has 0 radical (unpaired) electrons. The molecule has 0 heterocycles. The van der Waals surface area contributed by atoms with Crippen LogP contribution in [0, 0.1) is 0 Å². The van der Waals surface area contributed by atoms with Crippen LogP contribution in [0.1, 0.15) is 26.3 Å². The molecular weight excluding hydrogens is 498 g/mol. The molecule has 32 heavy (non-hydrogen) atoms. The Morgan fingerprint density at radius 3 is 2.19 bits per heavy atom. The van der Waals surface area contributed by atoms with Crippen molar-refractivity contribution in [2.24, 2.45) is 5.10 Å². The Labute approximate surface area is 197 Å². The molecule has 0 fully saturated rings. The Balaban J connectivity index is 1.44. The number of nitrogens with zero attached hydrogens (tertiary/aromatic N) is 1. The van der Waals surface area contributed by atoms with Crippen LogP contribution in [-0.2, 0) is 4.79 Å². The number of nitrogens with one attached hydrogen (secondary N) is 2. The van der Waals surface area contributed by atoms with Gasteiger partial charge < -0.3 is 10.1 Å². The SMILES string of the molecule is O=C(CNC(=O)c1ccc(Cl)cc1)NN=Cc1ccc(OC(=O)c2ccc(Br)cc2)cc1. The van der Waals surface area contributed by atoms with E-state index < -0.39 is 17.8 Å². The molecule has 0 spiro atoms. The molecule has 0 aliphatic carbocycles. The smallest absolute Gasteiger partial charge is 0.343 e. The van der Waals surface area contributed by atoms with Crippen LogP contribution in [0.4, 0.5) is 0 Å². The van der Waals surface area contributed by atoms with Crippen LogP contribution in [0.2, 0.25) is 5.02 Å². The number of esters is 1. The fourth-order valence-corrected chi connectivity index (χ4v) is 2.85. The molecule has 2 N–H and O–H groups in total. The first-order valence-corrected chi connectivity index (χ1v) is 10.5. The van der Waals surface area contributed by atoms with Crippen LogP contribution < -0.4 is 15.5 Å². The molecule has 3 rings (SSSR count). The molecule has 0 bridgehead atoms. The summed E-state index contributed by atoms with van der Waals surface area (Å²) in [6.07, 6.45) is 1.43. The average Bonchev–Trinajstić information content (AvgIpc) is 2.79. The van der Waals surface area contributed by atoms with Gasteiger partial charge in [0.2, 0.25) is 0 Å². The number of hydrogen-bond donors (Lipinski definition) is 2. The van der Waals surface area contributed by atoms with Gasteiger partial charge in [0, 0.05) is 15.1 Å². The van der Waals surface area contributed by atoms with Gasteiger partial charge in [0.1, 0.15) is 5.75 Å². The third kappa shape index (κ3) is 7.04. The Kier molecular flexibility index (Phi) is 8.13. The lowest BCUT2D eigenvalue weighted by molar-refractivity contribution is -0.120. The van der Waals surface area contributed by atoms with E-state index in [1.807, 2.05) is 0 Å². The molecule has 0 aliphatic heterocycles. The molecule has 0 atom stereocenters. The maximum atomic E-state index is 12.1. The van der Waals surface area contributed by atoms with Crippen molar-refractivity contribution in [3.8, 4) is 5.75 Å². The summed E-state index contributed by atoms with van der Waals surface area (Å²) in [6, 6.07) is 19.7. The monoisotopic (exact) mass is 513 g/mol. The van der Waals surface area contributed by atoms with Gasteiger partial charge in [-0.1, -0.05) is 27.5 Å². The summed E-state index contributed by atoms with van der Waals surface area (Å²) in [4.78, 5) is 35.9. The van der Waals surface area contributed by atoms with E-state index in [4.69, 9.17) is 16.3 Å². The fourth-order valence-electron chi connectivity index (χ4n) is 2.46. The highest BCUT2D eigenvalue weighted by atomic mass is 79.9. The number of hydrogen-bond acceptors (Lipinski definition) is 5. The van der Waals surface area contributed by atoms with E-state index in [1.54, 1.807) is 72.8 Å². The average molecular weight is 515 g/mol. The topological polar surface area (TPSA) is 96.9 Å². The molecule has 2 amide bonds. The summed E-state index contributed by atoms with van der Waals surface area (Å²) in [5, 5.41) is 6.85. The number of amides is 2. The van der Waals surface area contributed by atoms with E-state index in [0.29, 0.717) is 27.5 Å². The van der Waals surface area contributed by atoms with Crippen LogP contribution in [0.5, 0.6) is 5.75 Å². The van der Waals surface area contributed by atoms with Crippen molar-refractivity contribution in [2.45, 2.75) is 0 Å². The van der Waals surface area contributed by atoms with E-state index in [-0.39, 0.29) is 6.54 Å². The molecular formula is C23H17BrClN3O4. The lowest BCUT2D eigenvalue weighted by Crippen LogP contribution is -2.34. The van der Waals surface area contributed by atoms with Gasteiger partial charge >= 0.3 is 5.97 Å². The van der Waals surface area contributed by atoms with Crippen molar-refractivity contribution in [3.63, 3.8) is 0 Å². The number of rotatable bonds is 7. The molecule has 3 aromatic carbocycles. The first-order valence-electron chi connectivity index (χ1n) is 9.34. The minimum atomic E-state index is -0.483. The van der Waals surface area contributed by atoms with Crippen molar-refractivity contribution < 1.29 is 19.1 Å². The zero-order valence-corrected chi connectivity index (χ0v) is 18.9. The molecule has 162 valence electrons. The summed E-state index contributed by atoms with van der Waals surface area (Å²) < 4.78 is 6.19. The molecule has 7 nitrogen and oxygen atoms in total. The predicted octanol–water partition coefficient (Wildman–Crippen LogP) is 4.20. The first-order chi connectivity index (χ1) is 15.4. The standard InChI is InChI=1S/C23H17BrClN3O4/c24-18-7-3-17(4-8-18)23(31)32-20-11-1-15(2-12-20)13-27-28-21(29)14-26-22(30)16-5-9-19(25)10-6-16/h1-13H,14H2,(H,26,30)(H,28,29). The molecule has 0 unspecified atom stereocenters. The van der Waals surface area contributed by atoms with Gasteiger partial charge in [-0.05, 0) is 78.4 Å². The van der Waals surface area contributed by atoms with Crippen LogP contribution in [0.3, 0.4) is 0 Å². The molecule has 0 saturated heterocycles. The zero-order valence-electron chi connectivity index (χ0n) is 16.5. The molecule has 0 aromatic heterocycles. The van der Waals surface area contributed by atoms with Crippen LogP contribution in [0.25, 0.3) is 0 Å². The van der Waals surface area contributed by atoms with Crippen molar-refractivity contribution >= 4 is 51.5 Å². The van der Waals surface area contributed by atoms with E-state index in [1.165, 1.54) is 6.21 Å². The normalized spacial score (nSPS) is 10.6. The minimum absolute atomic E-state index is 0.232. The van der Waals surface area contributed by atoms with Crippen molar-refractivity contribution in [1.82, 2.24) is 10.7 Å². The lowest BCUT2D eigenvalue weighted by Gasteiger charge is -2.05. The zero-order chi connectivity index (χ0) is 22.9. The highest BCUT2D eigenvalue weighted by molar-refractivity contribution is 9.10. The number of halogens is 2. The minimum Gasteiger partial charge on any atom is -0.423 e. The Hall–Kier alpha value is -3.49. The third-order valence-corrected chi connectivity index (χ3v) is 4.87. The van der Waals surface area contributed by atoms with Gasteiger partial charge in [0.15, 0.2) is 0 Å². The summed E-state index contributed by atoms with van der Waals surface area (Å²) in [6.45, 7) is -0.232. The maximum absolute atomic E-state index is 12.1. The summed E-state index contributed by atoms with van der Waals surface area (Å²) >= 11 is 9.09. The summed E-state index contributed by atoms with van der Waals surface area (Å²) in [7, 11) is 0. The van der Waals surface area contributed by atoms with Crippen molar-refractivity contribution in [1.29, 1.82) is 0 Å². The Morgan fingerprint density at radius 1 is 0.906 bits per heavy atom. The second kappa shape index (κ2) is 11.2. The Morgan fingerprint density at radius 2 is 1.53 bits per heavy atom. The highest BCUT2D eigenvalue weighted by Gasteiger charge is 2.09. The number of carbonyl (C=O) groups excluding carboxylic acids is 3. The van der Waals surface area contributed by atoms with E-state index in [0.717, 1.165) is 4.47 Å². The molecule has 0 saturated carbocycles. The number of benzene rings is 3. The van der Waals surface area contributed by atoms with Gasteiger partial charge in [-0.25, -0.2) is 10.2 Å². The third-order valence-electron chi connectivity index (χ3n) is 4.09. The number of hydrazone groups is 1.